The number of hydrogen-bond donors (Lipinski definition) is 0. The number of halogens is 2. The van der Waals surface area contributed by atoms with Crippen LogP contribution in [0.3, 0.4) is 0 Å². The Bertz CT molecular complexity index is 508. The van der Waals surface area contributed by atoms with Crippen LogP contribution in [0.15, 0.2) is 42.5 Å². The third-order valence-electron chi connectivity index (χ3n) is 2.44. The Morgan fingerprint density at radius 2 is 1.82 bits per heavy atom. The number of hydrogen-bond acceptors (Lipinski definition) is 1. The predicted octanol–water partition coefficient (Wildman–Crippen LogP) is 4.67. The topological polar surface area (TPSA) is 9.23 Å². The molecule has 88 valence electrons. The third-order valence-corrected chi connectivity index (χ3v) is 2.75. The van der Waals surface area contributed by atoms with Gasteiger partial charge in [-0.2, -0.15) is 0 Å². The second kappa shape index (κ2) is 5.19. The van der Waals surface area contributed by atoms with Gasteiger partial charge in [-0.1, -0.05) is 12.1 Å². The van der Waals surface area contributed by atoms with E-state index in [1.165, 1.54) is 12.1 Å². The Labute approximate surface area is 105 Å². The molecule has 17 heavy (non-hydrogen) atoms. The molecule has 0 saturated carbocycles. The minimum Gasteiger partial charge on any atom is -0.457 e. The highest BCUT2D eigenvalue weighted by atomic mass is 35.5. The molecule has 0 aliphatic rings. The zero-order valence-corrected chi connectivity index (χ0v) is 10.2. The van der Waals surface area contributed by atoms with E-state index in [2.05, 4.69) is 0 Å². The maximum absolute atomic E-state index is 12.9. The molecule has 3 heteroatoms. The lowest BCUT2D eigenvalue weighted by Gasteiger charge is -2.08. The van der Waals surface area contributed by atoms with Crippen molar-refractivity contribution < 1.29 is 9.13 Å². The number of aryl methyl sites for hydroxylation is 1. The van der Waals surface area contributed by atoms with E-state index in [1.54, 1.807) is 6.07 Å². The average Bonchev–Trinajstić information content (AvgIpc) is 2.34. The van der Waals surface area contributed by atoms with E-state index in [9.17, 15) is 4.39 Å². The lowest BCUT2D eigenvalue weighted by atomic mass is 10.2. The van der Waals surface area contributed by atoms with Crippen molar-refractivity contribution in [3.05, 3.63) is 59.4 Å². The van der Waals surface area contributed by atoms with E-state index in [-0.39, 0.29) is 5.82 Å². The van der Waals surface area contributed by atoms with E-state index in [1.807, 2.05) is 31.2 Å². The van der Waals surface area contributed by atoms with Crippen LogP contribution in [0.1, 0.15) is 11.1 Å². The molecule has 1 nitrogen and oxygen atoms in total. The maximum Gasteiger partial charge on any atom is 0.130 e. The molecule has 0 amide bonds. The van der Waals surface area contributed by atoms with Crippen molar-refractivity contribution in [2.24, 2.45) is 0 Å². The first-order valence-electron chi connectivity index (χ1n) is 5.28. The van der Waals surface area contributed by atoms with Crippen molar-refractivity contribution in [1.82, 2.24) is 0 Å². The molecule has 0 N–H and O–H groups in total. The van der Waals surface area contributed by atoms with Gasteiger partial charge >= 0.3 is 0 Å². The van der Waals surface area contributed by atoms with Crippen LogP contribution in [0.4, 0.5) is 4.39 Å². The molecule has 2 aromatic carbocycles. The fourth-order valence-corrected chi connectivity index (χ4v) is 1.68. The van der Waals surface area contributed by atoms with E-state index in [4.69, 9.17) is 16.3 Å². The molecular formula is C14H12ClFO. The standard InChI is InChI=1S/C14H12ClFO/c1-10-8-12(16)4-7-14(10)17-13-5-2-11(9-15)3-6-13/h2-8H,9H2,1H3. The Kier molecular flexibility index (Phi) is 3.64. The van der Waals surface area contributed by atoms with Gasteiger partial charge in [-0.3, -0.25) is 0 Å². The van der Waals surface area contributed by atoms with Crippen molar-refractivity contribution in [3.8, 4) is 11.5 Å². The molecule has 0 spiro atoms. The first-order valence-corrected chi connectivity index (χ1v) is 5.81. The van der Waals surface area contributed by atoms with Crippen LogP contribution in [0.25, 0.3) is 0 Å². The number of alkyl halides is 1. The van der Waals surface area contributed by atoms with Crippen LogP contribution >= 0.6 is 11.6 Å². The largest absolute Gasteiger partial charge is 0.457 e. The minimum absolute atomic E-state index is 0.257. The fourth-order valence-electron chi connectivity index (χ4n) is 1.50. The molecule has 0 fully saturated rings. The molecule has 2 aromatic rings. The Morgan fingerprint density at radius 3 is 2.41 bits per heavy atom. The van der Waals surface area contributed by atoms with Crippen molar-refractivity contribution in [1.29, 1.82) is 0 Å². The summed E-state index contributed by atoms with van der Waals surface area (Å²) in [6.07, 6.45) is 0. The first kappa shape index (κ1) is 11.9. The van der Waals surface area contributed by atoms with Gasteiger partial charge in [0.2, 0.25) is 0 Å². The van der Waals surface area contributed by atoms with Crippen molar-refractivity contribution in [3.63, 3.8) is 0 Å². The zero-order valence-electron chi connectivity index (χ0n) is 9.41. The molecule has 0 aromatic heterocycles. The molecule has 0 aliphatic heterocycles. The predicted molar refractivity (Wildman–Crippen MR) is 67.2 cm³/mol. The summed E-state index contributed by atoms with van der Waals surface area (Å²) >= 11 is 5.70. The molecular weight excluding hydrogens is 239 g/mol. The molecule has 0 saturated heterocycles. The first-order chi connectivity index (χ1) is 8.19. The van der Waals surface area contributed by atoms with Crippen LogP contribution < -0.4 is 4.74 Å². The minimum atomic E-state index is -0.257. The summed E-state index contributed by atoms with van der Waals surface area (Å²) in [5, 5.41) is 0. The lowest BCUT2D eigenvalue weighted by molar-refractivity contribution is 0.476. The van der Waals surface area contributed by atoms with E-state index < -0.39 is 0 Å². The van der Waals surface area contributed by atoms with Gasteiger partial charge in [0.05, 0.1) is 0 Å². The molecule has 0 atom stereocenters. The van der Waals surface area contributed by atoms with Gasteiger partial charge in [0.25, 0.3) is 0 Å². The zero-order chi connectivity index (χ0) is 12.3. The van der Waals surface area contributed by atoms with Gasteiger partial charge in [-0.15, -0.1) is 11.6 Å². The summed E-state index contributed by atoms with van der Waals surface area (Å²) in [4.78, 5) is 0. The summed E-state index contributed by atoms with van der Waals surface area (Å²) in [7, 11) is 0. The normalized spacial score (nSPS) is 10.3. The highest BCUT2D eigenvalue weighted by Gasteiger charge is 2.02. The molecule has 0 heterocycles. The summed E-state index contributed by atoms with van der Waals surface area (Å²) in [5.41, 5.74) is 1.81. The second-order valence-electron chi connectivity index (χ2n) is 3.79. The summed E-state index contributed by atoms with van der Waals surface area (Å²) in [5.74, 6) is 1.60. The fraction of sp³-hybridized carbons (Fsp3) is 0.143. The van der Waals surface area contributed by atoms with Gasteiger partial charge < -0.3 is 4.74 Å². The summed E-state index contributed by atoms with van der Waals surface area (Å²) in [6.45, 7) is 1.81. The van der Waals surface area contributed by atoms with Crippen LogP contribution in [0, 0.1) is 12.7 Å². The SMILES string of the molecule is Cc1cc(F)ccc1Oc1ccc(CCl)cc1. The Hall–Kier alpha value is -1.54. The van der Waals surface area contributed by atoms with Crippen LogP contribution in [0.2, 0.25) is 0 Å². The number of ether oxygens (including phenoxy) is 1. The third kappa shape index (κ3) is 2.98. The highest BCUT2D eigenvalue weighted by Crippen LogP contribution is 2.25. The molecule has 0 unspecified atom stereocenters. The average molecular weight is 251 g/mol. The second-order valence-corrected chi connectivity index (χ2v) is 4.06. The molecule has 2 rings (SSSR count). The molecule has 0 radical (unpaired) electrons. The van der Waals surface area contributed by atoms with Crippen molar-refractivity contribution in [2.75, 3.05) is 0 Å². The van der Waals surface area contributed by atoms with Gasteiger partial charge in [0, 0.05) is 5.88 Å². The Morgan fingerprint density at radius 1 is 1.12 bits per heavy atom. The van der Waals surface area contributed by atoms with E-state index in [0.717, 1.165) is 11.1 Å². The van der Waals surface area contributed by atoms with Gasteiger partial charge in [0.15, 0.2) is 0 Å². The van der Waals surface area contributed by atoms with Crippen molar-refractivity contribution >= 4 is 11.6 Å². The number of benzene rings is 2. The monoisotopic (exact) mass is 250 g/mol. The van der Waals surface area contributed by atoms with Crippen molar-refractivity contribution in [2.45, 2.75) is 12.8 Å². The van der Waals surface area contributed by atoms with E-state index in [0.29, 0.717) is 17.4 Å². The summed E-state index contributed by atoms with van der Waals surface area (Å²) in [6, 6.07) is 12.0. The lowest BCUT2D eigenvalue weighted by Crippen LogP contribution is -1.89. The highest BCUT2D eigenvalue weighted by molar-refractivity contribution is 6.17. The van der Waals surface area contributed by atoms with Gasteiger partial charge in [0.1, 0.15) is 17.3 Å². The van der Waals surface area contributed by atoms with E-state index >= 15 is 0 Å². The van der Waals surface area contributed by atoms with Gasteiger partial charge in [-0.25, -0.2) is 4.39 Å². The molecule has 0 aliphatic carbocycles. The summed E-state index contributed by atoms with van der Waals surface area (Å²) < 4.78 is 18.6. The quantitative estimate of drug-likeness (QED) is 0.720. The maximum atomic E-state index is 12.9. The van der Waals surface area contributed by atoms with Crippen LogP contribution in [0.5, 0.6) is 11.5 Å². The van der Waals surface area contributed by atoms with Gasteiger partial charge in [-0.05, 0) is 48.4 Å². The number of rotatable bonds is 3. The van der Waals surface area contributed by atoms with Crippen LogP contribution in [-0.4, -0.2) is 0 Å². The molecule has 0 bridgehead atoms. The smallest absolute Gasteiger partial charge is 0.130 e. The van der Waals surface area contributed by atoms with Crippen LogP contribution in [-0.2, 0) is 5.88 Å². The Balaban J connectivity index is 2.19.